The Balaban J connectivity index is 1.52. The number of nitrogens with one attached hydrogen (secondary N) is 1. The summed E-state index contributed by atoms with van der Waals surface area (Å²) in [6, 6.07) is 13.4. The van der Waals surface area contributed by atoms with E-state index in [2.05, 4.69) is 34.5 Å². The molecule has 1 heterocycles. The molecule has 0 saturated carbocycles. The molecular weight excluding hydrogens is 357 g/mol. The Labute approximate surface area is 165 Å². The van der Waals surface area contributed by atoms with Crippen LogP contribution in [0.25, 0.3) is 0 Å². The van der Waals surface area contributed by atoms with Gasteiger partial charge in [-0.2, -0.15) is 0 Å². The Morgan fingerprint density at radius 3 is 2.68 bits per heavy atom. The van der Waals surface area contributed by atoms with Crippen molar-refractivity contribution in [3.8, 4) is 5.75 Å². The van der Waals surface area contributed by atoms with E-state index in [1.54, 1.807) is 6.07 Å². The van der Waals surface area contributed by atoms with Gasteiger partial charge in [0.1, 0.15) is 0 Å². The van der Waals surface area contributed by atoms with E-state index in [4.69, 9.17) is 10.5 Å². The Morgan fingerprint density at radius 2 is 1.96 bits per heavy atom. The molecule has 6 heteroatoms. The Hall–Kier alpha value is -2.44. The van der Waals surface area contributed by atoms with Crippen molar-refractivity contribution in [2.75, 3.05) is 20.2 Å². The molecule has 3 N–H and O–H groups in total. The Morgan fingerprint density at radius 1 is 1.21 bits per heavy atom. The van der Waals surface area contributed by atoms with Crippen LogP contribution in [-0.2, 0) is 24.4 Å². The number of likely N-dealkylation sites (tertiary alicyclic amines) is 1. The van der Waals surface area contributed by atoms with E-state index in [-0.39, 0.29) is 23.4 Å². The number of carbonyl (C=O) groups is 1. The second-order valence-electron chi connectivity index (χ2n) is 7.37. The van der Waals surface area contributed by atoms with E-state index in [0.29, 0.717) is 13.1 Å². The fourth-order valence-electron chi connectivity index (χ4n) is 3.70. The van der Waals surface area contributed by atoms with Crippen LogP contribution in [0.15, 0.2) is 42.5 Å². The number of piperidine rings is 1. The average molecular weight is 385 g/mol. The van der Waals surface area contributed by atoms with Crippen molar-refractivity contribution in [2.24, 2.45) is 11.7 Å². The number of benzene rings is 2. The zero-order valence-corrected chi connectivity index (χ0v) is 16.3. The molecule has 2 aromatic carbocycles. The van der Waals surface area contributed by atoms with Crippen molar-refractivity contribution in [3.63, 3.8) is 0 Å². The molecule has 1 unspecified atom stereocenters. The fourth-order valence-corrected chi connectivity index (χ4v) is 3.70. The predicted molar refractivity (Wildman–Crippen MR) is 107 cm³/mol. The van der Waals surface area contributed by atoms with Crippen LogP contribution in [0.5, 0.6) is 5.75 Å². The van der Waals surface area contributed by atoms with Crippen LogP contribution >= 0.6 is 0 Å². The minimum Gasteiger partial charge on any atom is -0.494 e. The minimum absolute atomic E-state index is 0.0384. The molecule has 0 radical (unpaired) electrons. The summed E-state index contributed by atoms with van der Waals surface area (Å²) in [5, 5.41) is 3.35. The first-order valence-electron chi connectivity index (χ1n) is 9.68. The predicted octanol–water partition coefficient (Wildman–Crippen LogP) is 2.82. The number of nitrogens with two attached hydrogens (primary N) is 1. The van der Waals surface area contributed by atoms with Gasteiger partial charge in [-0.05, 0) is 48.2 Å². The lowest BCUT2D eigenvalue weighted by Gasteiger charge is -2.31. The molecule has 1 atom stereocenters. The Bertz CT molecular complexity index is 812. The second kappa shape index (κ2) is 9.66. The summed E-state index contributed by atoms with van der Waals surface area (Å²) in [4.78, 5) is 13.8. The monoisotopic (exact) mass is 385 g/mol. The van der Waals surface area contributed by atoms with Crippen molar-refractivity contribution in [1.29, 1.82) is 0 Å². The highest BCUT2D eigenvalue weighted by Gasteiger charge is 2.23. The van der Waals surface area contributed by atoms with E-state index in [1.807, 2.05) is 6.07 Å². The molecule has 0 aromatic heterocycles. The fraction of sp³-hybridized carbons (Fsp3) is 0.409. The van der Waals surface area contributed by atoms with Gasteiger partial charge in [0.15, 0.2) is 11.6 Å². The summed E-state index contributed by atoms with van der Waals surface area (Å²) in [5.74, 6) is -0.326. The summed E-state index contributed by atoms with van der Waals surface area (Å²) in [6.07, 6.45) is 1.90. The zero-order valence-electron chi connectivity index (χ0n) is 16.3. The molecule has 1 aliphatic heterocycles. The van der Waals surface area contributed by atoms with Crippen molar-refractivity contribution < 1.29 is 13.9 Å². The molecule has 5 nitrogen and oxygen atoms in total. The maximum Gasteiger partial charge on any atom is 0.221 e. The lowest BCUT2D eigenvalue weighted by Crippen LogP contribution is -2.40. The molecular formula is C22H28FN3O2. The lowest BCUT2D eigenvalue weighted by atomic mass is 9.97. The van der Waals surface area contributed by atoms with Crippen LogP contribution in [0.3, 0.4) is 0 Å². The number of carbonyl (C=O) groups excluding carboxylic acids is 1. The minimum atomic E-state index is -0.348. The number of amides is 1. The van der Waals surface area contributed by atoms with Gasteiger partial charge in [0.25, 0.3) is 0 Å². The number of rotatable bonds is 8. The number of halogens is 1. The van der Waals surface area contributed by atoms with Gasteiger partial charge in [0.2, 0.25) is 5.91 Å². The molecule has 1 saturated heterocycles. The third kappa shape index (κ3) is 5.53. The number of hydrogen-bond acceptors (Lipinski definition) is 4. The van der Waals surface area contributed by atoms with Gasteiger partial charge in [-0.15, -0.1) is 0 Å². The Kier molecular flexibility index (Phi) is 7.01. The van der Waals surface area contributed by atoms with Crippen molar-refractivity contribution in [3.05, 3.63) is 65.0 Å². The van der Waals surface area contributed by atoms with Gasteiger partial charge in [-0.1, -0.05) is 30.3 Å². The molecule has 0 spiro atoms. The van der Waals surface area contributed by atoms with Gasteiger partial charge in [0.05, 0.1) is 13.0 Å². The average Bonchev–Trinajstić information content (AvgIpc) is 2.69. The molecule has 1 fully saturated rings. The summed E-state index contributed by atoms with van der Waals surface area (Å²) in [6.45, 7) is 3.83. The lowest BCUT2D eigenvalue weighted by molar-refractivity contribution is -0.123. The maximum atomic E-state index is 13.8. The van der Waals surface area contributed by atoms with Crippen LogP contribution < -0.4 is 15.8 Å². The quantitative estimate of drug-likeness (QED) is 0.733. The zero-order chi connectivity index (χ0) is 19.9. The van der Waals surface area contributed by atoms with E-state index >= 15 is 0 Å². The van der Waals surface area contributed by atoms with Crippen molar-refractivity contribution in [2.45, 2.75) is 32.5 Å². The third-order valence-electron chi connectivity index (χ3n) is 5.18. The molecule has 2 aromatic rings. The van der Waals surface area contributed by atoms with E-state index in [9.17, 15) is 9.18 Å². The van der Waals surface area contributed by atoms with Crippen LogP contribution in [0, 0.1) is 11.7 Å². The van der Waals surface area contributed by atoms with E-state index < -0.39 is 0 Å². The highest BCUT2D eigenvalue weighted by molar-refractivity contribution is 5.76. The van der Waals surface area contributed by atoms with E-state index in [1.165, 1.54) is 24.3 Å². The third-order valence-corrected chi connectivity index (χ3v) is 5.18. The molecule has 1 aliphatic rings. The number of hydrogen-bond donors (Lipinski definition) is 2. The number of ether oxygens (including phenoxy) is 1. The van der Waals surface area contributed by atoms with E-state index in [0.717, 1.165) is 38.0 Å². The summed E-state index contributed by atoms with van der Waals surface area (Å²) < 4.78 is 18.7. The second-order valence-corrected chi connectivity index (χ2v) is 7.37. The normalized spacial score (nSPS) is 17.4. The number of nitrogens with zero attached hydrogens (tertiary/aromatic N) is 1. The smallest absolute Gasteiger partial charge is 0.221 e. The standard InChI is InChI=1S/C22H28FN3O2/c1-28-21-8-7-17(11-20(21)23)13-25-12-16-4-2-5-18(10-16)14-26-9-3-6-19(15-26)22(24)27/h2,4-5,7-8,10-11,19,25H,3,6,9,12-15H2,1H3,(H2,24,27). The van der Waals surface area contributed by atoms with Crippen molar-refractivity contribution in [1.82, 2.24) is 10.2 Å². The molecule has 150 valence electrons. The van der Waals surface area contributed by atoms with Gasteiger partial charge in [-0.3, -0.25) is 9.69 Å². The molecule has 1 amide bonds. The summed E-state index contributed by atoms with van der Waals surface area (Å²) in [5.41, 5.74) is 8.74. The first-order valence-corrected chi connectivity index (χ1v) is 9.68. The first-order chi connectivity index (χ1) is 13.5. The van der Waals surface area contributed by atoms with Crippen LogP contribution in [0.2, 0.25) is 0 Å². The number of primary amides is 1. The molecule has 28 heavy (non-hydrogen) atoms. The summed E-state index contributed by atoms with van der Waals surface area (Å²) >= 11 is 0. The molecule has 0 aliphatic carbocycles. The maximum absolute atomic E-state index is 13.8. The molecule has 3 rings (SSSR count). The van der Waals surface area contributed by atoms with Crippen molar-refractivity contribution >= 4 is 5.91 Å². The van der Waals surface area contributed by atoms with Gasteiger partial charge >= 0.3 is 0 Å². The highest BCUT2D eigenvalue weighted by atomic mass is 19.1. The topological polar surface area (TPSA) is 67.6 Å². The highest BCUT2D eigenvalue weighted by Crippen LogP contribution is 2.19. The molecule has 0 bridgehead atoms. The van der Waals surface area contributed by atoms with Crippen LogP contribution in [-0.4, -0.2) is 31.0 Å². The largest absolute Gasteiger partial charge is 0.494 e. The van der Waals surface area contributed by atoms with Gasteiger partial charge in [-0.25, -0.2) is 4.39 Å². The van der Waals surface area contributed by atoms with Crippen LogP contribution in [0.1, 0.15) is 29.5 Å². The van der Waals surface area contributed by atoms with Crippen LogP contribution in [0.4, 0.5) is 4.39 Å². The van der Waals surface area contributed by atoms with Gasteiger partial charge in [0, 0.05) is 26.2 Å². The first kappa shape index (κ1) is 20.3. The SMILES string of the molecule is COc1ccc(CNCc2cccc(CN3CCCC(C(N)=O)C3)c2)cc1F. The number of methoxy groups -OCH3 is 1. The van der Waals surface area contributed by atoms with Gasteiger partial charge < -0.3 is 15.8 Å². The summed E-state index contributed by atoms with van der Waals surface area (Å²) in [7, 11) is 1.46.